The van der Waals surface area contributed by atoms with Gasteiger partial charge in [0.25, 0.3) is 0 Å². The zero-order chi connectivity index (χ0) is 12.8. The van der Waals surface area contributed by atoms with Gasteiger partial charge in [0.1, 0.15) is 0 Å². The van der Waals surface area contributed by atoms with E-state index in [1.54, 1.807) is 13.0 Å². The maximum atomic E-state index is 11.3. The predicted octanol–water partition coefficient (Wildman–Crippen LogP) is 1.93. The van der Waals surface area contributed by atoms with Crippen LogP contribution < -0.4 is 4.74 Å². The first-order valence-corrected chi connectivity index (χ1v) is 5.13. The molecule has 0 aliphatic rings. The molecule has 0 aliphatic heterocycles. The fourth-order valence-corrected chi connectivity index (χ4v) is 1.21. The number of esters is 1. The highest BCUT2D eigenvalue weighted by atomic mass is 16.6. The van der Waals surface area contributed by atoms with Crippen LogP contribution in [0.2, 0.25) is 0 Å². The number of ether oxygens (including phenoxy) is 2. The van der Waals surface area contributed by atoms with Crippen LogP contribution in [0.25, 0.3) is 0 Å². The van der Waals surface area contributed by atoms with Crippen molar-refractivity contribution >= 4 is 11.7 Å². The van der Waals surface area contributed by atoms with Crippen LogP contribution in [0.15, 0.2) is 24.3 Å². The van der Waals surface area contributed by atoms with Gasteiger partial charge in [0.2, 0.25) is 0 Å². The molecular weight excluding hydrogens is 226 g/mol. The Kier molecular flexibility index (Phi) is 4.45. The highest BCUT2D eigenvalue weighted by Gasteiger charge is 2.21. The van der Waals surface area contributed by atoms with Gasteiger partial charge in [-0.25, -0.2) is 4.79 Å². The van der Waals surface area contributed by atoms with Crippen LogP contribution in [0.1, 0.15) is 13.8 Å². The molecule has 92 valence electrons. The molecule has 0 radical (unpaired) electrons. The van der Waals surface area contributed by atoms with Gasteiger partial charge in [-0.2, -0.15) is 0 Å². The predicted molar refractivity (Wildman–Crippen MR) is 59.8 cm³/mol. The highest BCUT2D eigenvalue weighted by molar-refractivity contribution is 5.74. The summed E-state index contributed by atoms with van der Waals surface area (Å²) in [4.78, 5) is 21.5. The molecule has 0 heterocycles. The third kappa shape index (κ3) is 3.44. The molecule has 1 atom stereocenters. The third-order valence-corrected chi connectivity index (χ3v) is 1.98. The van der Waals surface area contributed by atoms with E-state index in [1.807, 2.05) is 0 Å². The van der Waals surface area contributed by atoms with E-state index in [-0.39, 0.29) is 18.0 Å². The second kappa shape index (κ2) is 5.83. The molecule has 0 spiro atoms. The maximum absolute atomic E-state index is 11.3. The Morgan fingerprint density at radius 3 is 2.71 bits per heavy atom. The van der Waals surface area contributed by atoms with Gasteiger partial charge >= 0.3 is 11.7 Å². The smallest absolute Gasteiger partial charge is 0.347 e. The Bertz CT molecular complexity index is 418. The van der Waals surface area contributed by atoms with Crippen LogP contribution in [0.3, 0.4) is 0 Å². The molecule has 0 aliphatic carbocycles. The van der Waals surface area contributed by atoms with Crippen molar-refractivity contribution in [1.82, 2.24) is 0 Å². The molecule has 0 N–H and O–H groups in total. The first kappa shape index (κ1) is 13.0. The van der Waals surface area contributed by atoms with Gasteiger partial charge in [0.15, 0.2) is 11.9 Å². The molecule has 0 amide bonds. The first-order chi connectivity index (χ1) is 8.06. The number of carbonyl (C=O) groups is 1. The summed E-state index contributed by atoms with van der Waals surface area (Å²) >= 11 is 0. The minimum atomic E-state index is -0.879. The molecule has 0 aromatic heterocycles. The van der Waals surface area contributed by atoms with E-state index in [0.717, 1.165) is 0 Å². The average molecular weight is 239 g/mol. The molecule has 0 bridgehead atoms. The minimum Gasteiger partial charge on any atom is -0.472 e. The third-order valence-electron chi connectivity index (χ3n) is 1.98. The Labute approximate surface area is 98.3 Å². The fourth-order valence-electron chi connectivity index (χ4n) is 1.21. The van der Waals surface area contributed by atoms with Gasteiger partial charge < -0.3 is 9.47 Å². The highest BCUT2D eigenvalue weighted by Crippen LogP contribution is 2.26. The van der Waals surface area contributed by atoms with Crippen molar-refractivity contribution in [1.29, 1.82) is 0 Å². The standard InChI is InChI=1S/C11H13NO5/c1-3-16-11(13)8(2)17-10-7-5-4-6-9(10)12(14)15/h4-8H,3H2,1-2H3. The summed E-state index contributed by atoms with van der Waals surface area (Å²) in [6, 6.07) is 5.88. The van der Waals surface area contributed by atoms with E-state index in [0.29, 0.717) is 0 Å². The second-order valence-corrected chi connectivity index (χ2v) is 3.24. The van der Waals surface area contributed by atoms with Crippen LogP contribution in [0, 0.1) is 10.1 Å². The van der Waals surface area contributed by atoms with Crippen LogP contribution in [0.5, 0.6) is 5.75 Å². The van der Waals surface area contributed by atoms with Crippen molar-refractivity contribution in [3.05, 3.63) is 34.4 Å². The molecule has 1 rings (SSSR count). The van der Waals surface area contributed by atoms with Crippen LogP contribution in [-0.4, -0.2) is 23.6 Å². The Hall–Kier alpha value is -2.11. The van der Waals surface area contributed by atoms with Crippen molar-refractivity contribution in [2.45, 2.75) is 20.0 Å². The quantitative estimate of drug-likeness (QED) is 0.445. The number of rotatable bonds is 5. The largest absolute Gasteiger partial charge is 0.472 e. The zero-order valence-electron chi connectivity index (χ0n) is 9.58. The van der Waals surface area contributed by atoms with E-state index in [9.17, 15) is 14.9 Å². The number of nitro benzene ring substituents is 1. The van der Waals surface area contributed by atoms with Crippen molar-refractivity contribution < 1.29 is 19.2 Å². The van der Waals surface area contributed by atoms with Crippen molar-refractivity contribution in [2.75, 3.05) is 6.61 Å². The topological polar surface area (TPSA) is 78.7 Å². The lowest BCUT2D eigenvalue weighted by Crippen LogP contribution is -2.26. The van der Waals surface area contributed by atoms with Gasteiger partial charge in [0, 0.05) is 6.07 Å². The van der Waals surface area contributed by atoms with E-state index < -0.39 is 17.0 Å². The molecule has 0 fully saturated rings. The summed E-state index contributed by atoms with van der Waals surface area (Å²) in [6.45, 7) is 3.40. The Balaban J connectivity index is 2.81. The number of hydrogen-bond donors (Lipinski definition) is 0. The van der Waals surface area contributed by atoms with Crippen molar-refractivity contribution in [3.63, 3.8) is 0 Å². The minimum absolute atomic E-state index is 0.0538. The summed E-state index contributed by atoms with van der Waals surface area (Å²) < 4.78 is 9.95. The van der Waals surface area contributed by atoms with Gasteiger partial charge in [-0.1, -0.05) is 12.1 Å². The summed E-state index contributed by atoms with van der Waals surface area (Å²) in [5.41, 5.74) is -0.177. The van der Waals surface area contributed by atoms with Crippen molar-refractivity contribution in [3.8, 4) is 5.75 Å². The zero-order valence-corrected chi connectivity index (χ0v) is 9.58. The molecule has 1 aromatic rings. The molecular formula is C11H13NO5. The number of nitrogens with zero attached hydrogens (tertiary/aromatic N) is 1. The monoisotopic (exact) mass is 239 g/mol. The molecule has 0 saturated heterocycles. The Morgan fingerprint density at radius 2 is 2.12 bits per heavy atom. The first-order valence-electron chi connectivity index (χ1n) is 5.13. The molecule has 6 heteroatoms. The summed E-state index contributed by atoms with van der Waals surface area (Å²) in [7, 11) is 0. The lowest BCUT2D eigenvalue weighted by atomic mass is 10.3. The molecule has 17 heavy (non-hydrogen) atoms. The van der Waals surface area contributed by atoms with Crippen molar-refractivity contribution in [2.24, 2.45) is 0 Å². The molecule has 0 saturated carbocycles. The maximum Gasteiger partial charge on any atom is 0.347 e. The van der Waals surface area contributed by atoms with Gasteiger partial charge in [-0.15, -0.1) is 0 Å². The van der Waals surface area contributed by atoms with Crippen LogP contribution in [0.4, 0.5) is 5.69 Å². The number of nitro groups is 1. The number of hydrogen-bond acceptors (Lipinski definition) is 5. The van der Waals surface area contributed by atoms with Crippen LogP contribution >= 0.6 is 0 Å². The number of carbonyl (C=O) groups excluding carboxylic acids is 1. The summed E-state index contributed by atoms with van der Waals surface area (Å²) in [5, 5.41) is 10.7. The molecule has 1 unspecified atom stereocenters. The Morgan fingerprint density at radius 1 is 1.47 bits per heavy atom. The van der Waals surface area contributed by atoms with Crippen LogP contribution in [-0.2, 0) is 9.53 Å². The second-order valence-electron chi connectivity index (χ2n) is 3.24. The normalized spacial score (nSPS) is 11.6. The van der Waals surface area contributed by atoms with E-state index in [1.165, 1.54) is 25.1 Å². The van der Waals surface area contributed by atoms with E-state index in [2.05, 4.69) is 0 Å². The SMILES string of the molecule is CCOC(=O)C(C)Oc1ccccc1[N+](=O)[O-]. The average Bonchev–Trinajstić information content (AvgIpc) is 2.29. The molecule has 1 aromatic carbocycles. The lowest BCUT2D eigenvalue weighted by molar-refractivity contribution is -0.386. The summed E-state index contributed by atoms with van der Waals surface area (Å²) in [5.74, 6) is -0.497. The fraction of sp³-hybridized carbons (Fsp3) is 0.364. The van der Waals surface area contributed by atoms with E-state index in [4.69, 9.17) is 9.47 Å². The number of benzene rings is 1. The summed E-state index contributed by atoms with van der Waals surface area (Å²) in [6.07, 6.45) is -0.879. The number of para-hydroxylation sites is 2. The van der Waals surface area contributed by atoms with Gasteiger partial charge in [0.05, 0.1) is 11.5 Å². The van der Waals surface area contributed by atoms with Gasteiger partial charge in [-0.05, 0) is 19.9 Å². The molecule has 6 nitrogen and oxygen atoms in total. The van der Waals surface area contributed by atoms with Gasteiger partial charge in [-0.3, -0.25) is 10.1 Å². The van der Waals surface area contributed by atoms with E-state index >= 15 is 0 Å². The lowest BCUT2D eigenvalue weighted by Gasteiger charge is -2.12.